The van der Waals surface area contributed by atoms with Gasteiger partial charge in [-0.05, 0) is 30.3 Å². The van der Waals surface area contributed by atoms with E-state index in [2.05, 4.69) is 5.32 Å². The normalized spacial score (nSPS) is 10.2. The topological polar surface area (TPSA) is 32.3 Å². The van der Waals surface area contributed by atoms with Gasteiger partial charge in [0.05, 0.1) is 5.69 Å². The zero-order valence-corrected chi connectivity index (χ0v) is 11.2. The van der Waals surface area contributed by atoms with Crippen LogP contribution < -0.4 is 10.2 Å². The van der Waals surface area contributed by atoms with Crippen molar-refractivity contribution in [3.8, 4) is 0 Å². The number of nitrogens with one attached hydrogen (secondary N) is 1. The Labute approximate surface area is 115 Å². The largest absolute Gasteiger partial charge is 0.378 e. The Hall–Kier alpha value is -2.43. The van der Waals surface area contributed by atoms with Crippen molar-refractivity contribution in [1.82, 2.24) is 0 Å². The van der Waals surface area contributed by atoms with Gasteiger partial charge in [0.25, 0.3) is 5.91 Å². The average molecular weight is 276 g/mol. The van der Waals surface area contributed by atoms with Crippen LogP contribution in [-0.2, 0) is 0 Å². The Bertz CT molecular complexity index is 642. The molecule has 2 aromatic carbocycles. The molecule has 20 heavy (non-hydrogen) atoms. The second kappa shape index (κ2) is 5.69. The second-order valence-electron chi connectivity index (χ2n) is 4.52. The Balaban J connectivity index is 2.24. The molecule has 0 radical (unpaired) electrons. The first kappa shape index (κ1) is 14.0. The van der Waals surface area contributed by atoms with E-state index < -0.39 is 17.5 Å². The molecule has 0 saturated carbocycles. The molecule has 104 valence electrons. The number of hydrogen-bond acceptors (Lipinski definition) is 2. The van der Waals surface area contributed by atoms with Gasteiger partial charge in [0, 0.05) is 31.4 Å². The fourth-order valence-electron chi connectivity index (χ4n) is 1.71. The van der Waals surface area contributed by atoms with E-state index in [0.717, 1.165) is 23.9 Å². The standard InChI is InChI=1S/C15H14F2N2O/c1-19(2)12-5-3-4-10(8-12)15(20)18-14-9-11(16)6-7-13(14)17/h3-9H,1-2H3,(H,18,20). The third kappa shape index (κ3) is 3.12. The number of carbonyl (C=O) groups excluding carboxylic acids is 1. The SMILES string of the molecule is CN(C)c1cccc(C(=O)Nc2cc(F)ccc2F)c1. The maximum Gasteiger partial charge on any atom is 0.255 e. The number of halogens is 2. The molecule has 3 nitrogen and oxygen atoms in total. The van der Waals surface area contributed by atoms with Crippen molar-refractivity contribution in [3.05, 3.63) is 59.7 Å². The fraction of sp³-hybridized carbons (Fsp3) is 0.133. The molecule has 0 aromatic heterocycles. The lowest BCUT2D eigenvalue weighted by Gasteiger charge is -2.13. The highest BCUT2D eigenvalue weighted by Crippen LogP contribution is 2.18. The van der Waals surface area contributed by atoms with Gasteiger partial charge in [-0.25, -0.2) is 8.78 Å². The van der Waals surface area contributed by atoms with Crippen LogP contribution in [0.2, 0.25) is 0 Å². The van der Waals surface area contributed by atoms with Gasteiger partial charge >= 0.3 is 0 Å². The molecule has 0 aliphatic heterocycles. The molecule has 0 heterocycles. The van der Waals surface area contributed by atoms with Crippen molar-refractivity contribution >= 4 is 17.3 Å². The lowest BCUT2D eigenvalue weighted by molar-refractivity contribution is 0.102. The van der Waals surface area contributed by atoms with Crippen LogP contribution in [0, 0.1) is 11.6 Å². The predicted molar refractivity (Wildman–Crippen MR) is 75.1 cm³/mol. The molecule has 2 aromatic rings. The maximum absolute atomic E-state index is 13.5. The number of nitrogens with zero attached hydrogens (tertiary/aromatic N) is 1. The summed E-state index contributed by atoms with van der Waals surface area (Å²) >= 11 is 0. The lowest BCUT2D eigenvalue weighted by atomic mass is 10.1. The minimum atomic E-state index is -0.677. The molecule has 2 rings (SSSR count). The van der Waals surface area contributed by atoms with Gasteiger partial charge in [-0.3, -0.25) is 4.79 Å². The minimum Gasteiger partial charge on any atom is -0.378 e. The summed E-state index contributed by atoms with van der Waals surface area (Å²) in [5.74, 6) is -1.77. The zero-order valence-electron chi connectivity index (χ0n) is 11.2. The van der Waals surface area contributed by atoms with Crippen LogP contribution in [0.1, 0.15) is 10.4 Å². The summed E-state index contributed by atoms with van der Waals surface area (Å²) in [6.07, 6.45) is 0. The van der Waals surface area contributed by atoms with Crippen molar-refractivity contribution in [3.63, 3.8) is 0 Å². The van der Waals surface area contributed by atoms with E-state index in [1.165, 1.54) is 0 Å². The first-order chi connectivity index (χ1) is 9.47. The van der Waals surface area contributed by atoms with E-state index >= 15 is 0 Å². The smallest absolute Gasteiger partial charge is 0.255 e. The Kier molecular flexibility index (Phi) is 3.98. The maximum atomic E-state index is 13.5. The summed E-state index contributed by atoms with van der Waals surface area (Å²) in [6.45, 7) is 0. The van der Waals surface area contributed by atoms with Crippen LogP contribution in [-0.4, -0.2) is 20.0 Å². The van der Waals surface area contributed by atoms with Crippen molar-refractivity contribution in [2.45, 2.75) is 0 Å². The first-order valence-corrected chi connectivity index (χ1v) is 6.01. The number of hydrogen-bond donors (Lipinski definition) is 1. The summed E-state index contributed by atoms with van der Waals surface area (Å²) in [5.41, 5.74) is 1.04. The molecule has 0 unspecified atom stereocenters. The molecular formula is C15H14F2N2O. The number of carbonyl (C=O) groups is 1. The van der Waals surface area contributed by atoms with Crippen LogP contribution in [0.5, 0.6) is 0 Å². The third-order valence-corrected chi connectivity index (χ3v) is 2.80. The summed E-state index contributed by atoms with van der Waals surface area (Å²) in [4.78, 5) is 13.9. The Morgan fingerprint density at radius 1 is 1.10 bits per heavy atom. The molecule has 0 aliphatic rings. The highest BCUT2D eigenvalue weighted by molar-refractivity contribution is 6.04. The van der Waals surface area contributed by atoms with E-state index in [0.29, 0.717) is 5.56 Å². The summed E-state index contributed by atoms with van der Waals surface area (Å²) in [5, 5.41) is 2.36. The molecule has 0 fully saturated rings. The fourth-order valence-corrected chi connectivity index (χ4v) is 1.71. The highest BCUT2D eigenvalue weighted by Gasteiger charge is 2.11. The zero-order chi connectivity index (χ0) is 14.7. The minimum absolute atomic E-state index is 0.176. The Morgan fingerprint density at radius 2 is 1.85 bits per heavy atom. The third-order valence-electron chi connectivity index (χ3n) is 2.80. The van der Waals surface area contributed by atoms with E-state index in [4.69, 9.17) is 0 Å². The van der Waals surface area contributed by atoms with Crippen molar-refractivity contribution in [2.75, 3.05) is 24.3 Å². The quantitative estimate of drug-likeness (QED) is 0.933. The summed E-state index contributed by atoms with van der Waals surface area (Å²) in [7, 11) is 3.70. The molecule has 0 aliphatic carbocycles. The number of benzene rings is 2. The van der Waals surface area contributed by atoms with Gasteiger partial charge in [0.1, 0.15) is 11.6 Å². The molecule has 1 amide bonds. The number of anilines is 2. The second-order valence-corrected chi connectivity index (χ2v) is 4.52. The van der Waals surface area contributed by atoms with Crippen molar-refractivity contribution < 1.29 is 13.6 Å². The predicted octanol–water partition coefficient (Wildman–Crippen LogP) is 3.28. The average Bonchev–Trinajstić information content (AvgIpc) is 2.43. The first-order valence-electron chi connectivity index (χ1n) is 6.01. The van der Waals surface area contributed by atoms with Crippen molar-refractivity contribution in [1.29, 1.82) is 0 Å². The van der Waals surface area contributed by atoms with Gasteiger partial charge in [-0.1, -0.05) is 6.07 Å². The molecule has 0 spiro atoms. The molecule has 5 heteroatoms. The van der Waals surface area contributed by atoms with Gasteiger partial charge in [0.15, 0.2) is 0 Å². The number of rotatable bonds is 3. The Morgan fingerprint density at radius 3 is 2.55 bits per heavy atom. The summed E-state index contributed by atoms with van der Waals surface area (Å²) in [6, 6.07) is 9.78. The number of amides is 1. The van der Waals surface area contributed by atoms with Crippen LogP contribution in [0.25, 0.3) is 0 Å². The molecule has 0 atom stereocenters. The van der Waals surface area contributed by atoms with Crippen LogP contribution >= 0.6 is 0 Å². The van der Waals surface area contributed by atoms with Gasteiger partial charge < -0.3 is 10.2 Å². The van der Waals surface area contributed by atoms with Crippen LogP contribution in [0.15, 0.2) is 42.5 Å². The van der Waals surface area contributed by atoms with Crippen LogP contribution in [0.4, 0.5) is 20.2 Å². The highest BCUT2D eigenvalue weighted by atomic mass is 19.1. The molecule has 0 saturated heterocycles. The lowest BCUT2D eigenvalue weighted by Crippen LogP contribution is -2.15. The van der Waals surface area contributed by atoms with Crippen molar-refractivity contribution in [2.24, 2.45) is 0 Å². The van der Waals surface area contributed by atoms with Gasteiger partial charge in [0.2, 0.25) is 0 Å². The van der Waals surface area contributed by atoms with Gasteiger partial charge in [-0.2, -0.15) is 0 Å². The van der Waals surface area contributed by atoms with E-state index in [1.54, 1.807) is 18.2 Å². The molecular weight excluding hydrogens is 262 g/mol. The van der Waals surface area contributed by atoms with E-state index in [1.807, 2.05) is 25.1 Å². The summed E-state index contributed by atoms with van der Waals surface area (Å²) < 4.78 is 26.5. The van der Waals surface area contributed by atoms with E-state index in [9.17, 15) is 13.6 Å². The molecule has 0 bridgehead atoms. The monoisotopic (exact) mass is 276 g/mol. The molecule has 1 N–H and O–H groups in total. The van der Waals surface area contributed by atoms with E-state index in [-0.39, 0.29) is 5.69 Å². The van der Waals surface area contributed by atoms with Crippen LogP contribution in [0.3, 0.4) is 0 Å². The van der Waals surface area contributed by atoms with Gasteiger partial charge in [-0.15, -0.1) is 0 Å².